The van der Waals surface area contributed by atoms with Gasteiger partial charge in [0, 0.05) is 12.0 Å². The fraction of sp³-hybridized carbons (Fsp3) is 0.350. The SMILES string of the molecule is CCC[C@H](C)NC(=O)OCC1c2ccccc2-c2ccccc21. The maximum atomic E-state index is 12.0. The Labute approximate surface area is 137 Å². The van der Waals surface area contributed by atoms with Gasteiger partial charge < -0.3 is 10.1 Å². The quantitative estimate of drug-likeness (QED) is 0.868. The second-order valence-corrected chi connectivity index (χ2v) is 6.16. The van der Waals surface area contributed by atoms with E-state index in [-0.39, 0.29) is 18.1 Å². The van der Waals surface area contributed by atoms with Gasteiger partial charge in [0.1, 0.15) is 6.61 Å². The standard InChI is InChI=1S/C20H23NO2/c1-3-8-14(2)21-20(22)23-13-19-17-11-6-4-9-15(17)16-10-5-7-12-18(16)19/h4-7,9-12,14,19H,3,8,13H2,1-2H3,(H,21,22)/t14-/m0/s1. The molecular formula is C20H23NO2. The second kappa shape index (κ2) is 6.86. The minimum atomic E-state index is -0.326. The van der Waals surface area contributed by atoms with Crippen LogP contribution in [0.1, 0.15) is 43.7 Å². The summed E-state index contributed by atoms with van der Waals surface area (Å²) in [7, 11) is 0. The maximum absolute atomic E-state index is 12.0. The van der Waals surface area contributed by atoms with Crippen LogP contribution in [0.2, 0.25) is 0 Å². The number of hydrogen-bond acceptors (Lipinski definition) is 2. The Bertz CT molecular complexity index is 650. The number of carbonyl (C=O) groups is 1. The van der Waals surface area contributed by atoms with Gasteiger partial charge in [-0.2, -0.15) is 0 Å². The van der Waals surface area contributed by atoms with Gasteiger partial charge in [-0.1, -0.05) is 61.9 Å². The third-order valence-corrected chi connectivity index (χ3v) is 4.43. The van der Waals surface area contributed by atoms with E-state index in [1.807, 2.05) is 19.1 Å². The van der Waals surface area contributed by atoms with Gasteiger partial charge in [0.25, 0.3) is 0 Å². The van der Waals surface area contributed by atoms with Crippen molar-refractivity contribution in [2.24, 2.45) is 0 Å². The van der Waals surface area contributed by atoms with Crippen molar-refractivity contribution in [1.29, 1.82) is 0 Å². The highest BCUT2D eigenvalue weighted by Crippen LogP contribution is 2.44. The van der Waals surface area contributed by atoms with E-state index in [0.717, 1.165) is 12.8 Å². The molecule has 0 bridgehead atoms. The molecule has 2 aromatic rings. The summed E-state index contributed by atoms with van der Waals surface area (Å²) in [6.07, 6.45) is 1.68. The number of nitrogens with one attached hydrogen (secondary N) is 1. The summed E-state index contributed by atoms with van der Waals surface area (Å²) >= 11 is 0. The number of amides is 1. The smallest absolute Gasteiger partial charge is 0.407 e. The summed E-state index contributed by atoms with van der Waals surface area (Å²) in [6, 6.07) is 16.9. The first-order valence-corrected chi connectivity index (χ1v) is 8.32. The molecule has 0 saturated carbocycles. The van der Waals surface area contributed by atoms with Crippen LogP contribution in [-0.2, 0) is 4.74 Å². The molecule has 3 rings (SSSR count). The lowest BCUT2D eigenvalue weighted by atomic mass is 9.98. The minimum absolute atomic E-state index is 0.120. The molecule has 0 unspecified atom stereocenters. The van der Waals surface area contributed by atoms with E-state index in [1.165, 1.54) is 22.3 Å². The van der Waals surface area contributed by atoms with Crippen LogP contribution < -0.4 is 5.32 Å². The van der Waals surface area contributed by atoms with Crippen molar-refractivity contribution in [3.8, 4) is 11.1 Å². The third-order valence-electron chi connectivity index (χ3n) is 4.43. The van der Waals surface area contributed by atoms with E-state index in [2.05, 4.69) is 48.6 Å². The zero-order chi connectivity index (χ0) is 16.2. The molecular weight excluding hydrogens is 286 g/mol. The molecule has 3 nitrogen and oxygen atoms in total. The second-order valence-electron chi connectivity index (χ2n) is 6.16. The molecule has 1 aliphatic carbocycles. The first-order chi connectivity index (χ1) is 11.2. The van der Waals surface area contributed by atoms with Crippen LogP contribution in [0.25, 0.3) is 11.1 Å². The van der Waals surface area contributed by atoms with Crippen LogP contribution in [0.3, 0.4) is 0 Å². The fourth-order valence-electron chi connectivity index (χ4n) is 3.35. The molecule has 1 atom stereocenters. The van der Waals surface area contributed by atoms with Crippen molar-refractivity contribution < 1.29 is 9.53 Å². The van der Waals surface area contributed by atoms with E-state index in [9.17, 15) is 4.79 Å². The van der Waals surface area contributed by atoms with Crippen LogP contribution in [0, 0.1) is 0 Å². The Morgan fingerprint density at radius 2 is 1.65 bits per heavy atom. The van der Waals surface area contributed by atoms with E-state index < -0.39 is 0 Å². The average Bonchev–Trinajstić information content (AvgIpc) is 2.87. The topological polar surface area (TPSA) is 38.3 Å². The van der Waals surface area contributed by atoms with Gasteiger partial charge in [-0.05, 0) is 35.6 Å². The number of ether oxygens (including phenoxy) is 1. The molecule has 0 aromatic heterocycles. The highest BCUT2D eigenvalue weighted by atomic mass is 16.5. The Balaban J connectivity index is 1.72. The summed E-state index contributed by atoms with van der Waals surface area (Å²) in [5.41, 5.74) is 4.97. The molecule has 1 aliphatic rings. The molecule has 1 N–H and O–H groups in total. The summed E-state index contributed by atoms with van der Waals surface area (Å²) in [5.74, 6) is 0.120. The van der Waals surface area contributed by atoms with Crippen molar-refractivity contribution in [2.75, 3.05) is 6.61 Å². The van der Waals surface area contributed by atoms with Crippen molar-refractivity contribution in [3.05, 3.63) is 59.7 Å². The molecule has 2 aromatic carbocycles. The summed E-state index contributed by atoms with van der Waals surface area (Å²) in [5, 5.41) is 2.89. The molecule has 0 fully saturated rings. The normalized spacial score (nSPS) is 14.0. The number of rotatable bonds is 5. The molecule has 1 amide bonds. The van der Waals surface area contributed by atoms with Gasteiger partial charge in [-0.3, -0.25) is 0 Å². The summed E-state index contributed by atoms with van der Waals surface area (Å²) < 4.78 is 5.51. The summed E-state index contributed by atoms with van der Waals surface area (Å²) in [4.78, 5) is 12.0. The Hall–Kier alpha value is -2.29. The number of carbonyl (C=O) groups excluding carboxylic acids is 1. The van der Waals surface area contributed by atoms with Crippen molar-refractivity contribution in [3.63, 3.8) is 0 Å². The van der Waals surface area contributed by atoms with Crippen LogP contribution >= 0.6 is 0 Å². The Morgan fingerprint density at radius 1 is 1.09 bits per heavy atom. The Morgan fingerprint density at radius 3 is 2.22 bits per heavy atom. The lowest BCUT2D eigenvalue weighted by Crippen LogP contribution is -2.33. The minimum Gasteiger partial charge on any atom is -0.449 e. The first-order valence-electron chi connectivity index (χ1n) is 8.32. The lowest BCUT2D eigenvalue weighted by molar-refractivity contribution is 0.139. The molecule has 120 valence electrons. The van der Waals surface area contributed by atoms with Gasteiger partial charge in [-0.15, -0.1) is 0 Å². The predicted octanol–water partition coefficient (Wildman–Crippen LogP) is 4.71. The number of benzene rings is 2. The average molecular weight is 309 g/mol. The van der Waals surface area contributed by atoms with E-state index in [4.69, 9.17) is 4.74 Å². The number of hydrogen-bond donors (Lipinski definition) is 1. The third kappa shape index (κ3) is 3.24. The van der Waals surface area contributed by atoms with Gasteiger partial charge in [-0.25, -0.2) is 4.79 Å². The molecule has 23 heavy (non-hydrogen) atoms. The van der Waals surface area contributed by atoms with Gasteiger partial charge >= 0.3 is 6.09 Å². The zero-order valence-electron chi connectivity index (χ0n) is 13.7. The van der Waals surface area contributed by atoms with E-state index >= 15 is 0 Å². The van der Waals surface area contributed by atoms with Crippen molar-refractivity contribution in [2.45, 2.75) is 38.6 Å². The van der Waals surface area contributed by atoms with Gasteiger partial charge in [0.15, 0.2) is 0 Å². The van der Waals surface area contributed by atoms with E-state index in [1.54, 1.807) is 0 Å². The molecule has 0 radical (unpaired) electrons. The largest absolute Gasteiger partial charge is 0.449 e. The number of alkyl carbamates (subject to hydrolysis) is 1. The lowest BCUT2D eigenvalue weighted by Gasteiger charge is -2.16. The molecule has 0 heterocycles. The first kappa shape index (κ1) is 15.6. The molecule has 0 spiro atoms. The highest BCUT2D eigenvalue weighted by Gasteiger charge is 2.29. The monoisotopic (exact) mass is 309 g/mol. The van der Waals surface area contributed by atoms with Crippen LogP contribution in [0.5, 0.6) is 0 Å². The predicted molar refractivity (Wildman–Crippen MR) is 92.6 cm³/mol. The van der Waals surface area contributed by atoms with Gasteiger partial charge in [0.05, 0.1) is 0 Å². The van der Waals surface area contributed by atoms with Crippen LogP contribution in [0.15, 0.2) is 48.5 Å². The highest BCUT2D eigenvalue weighted by molar-refractivity contribution is 5.79. The van der Waals surface area contributed by atoms with E-state index in [0.29, 0.717) is 6.61 Å². The fourth-order valence-corrected chi connectivity index (χ4v) is 3.35. The van der Waals surface area contributed by atoms with Crippen LogP contribution in [0.4, 0.5) is 4.79 Å². The van der Waals surface area contributed by atoms with Crippen molar-refractivity contribution >= 4 is 6.09 Å². The van der Waals surface area contributed by atoms with Crippen molar-refractivity contribution in [1.82, 2.24) is 5.32 Å². The number of fused-ring (bicyclic) bond motifs is 3. The molecule has 0 aliphatic heterocycles. The van der Waals surface area contributed by atoms with Crippen LogP contribution in [-0.4, -0.2) is 18.7 Å². The molecule has 0 saturated heterocycles. The molecule has 3 heteroatoms. The maximum Gasteiger partial charge on any atom is 0.407 e. The zero-order valence-corrected chi connectivity index (χ0v) is 13.7. The summed E-state index contributed by atoms with van der Waals surface area (Å²) in [6.45, 7) is 4.49. The Kier molecular flexibility index (Phi) is 4.65. The van der Waals surface area contributed by atoms with Gasteiger partial charge in [0.2, 0.25) is 0 Å².